The SMILES string of the molecule is CCC(C)OC(=O)C(C)NC(=O)OC(C)(C)C. The average Bonchev–Trinajstić information content (AvgIpc) is 2.14. The Hall–Kier alpha value is -1.26. The molecule has 0 saturated heterocycles. The molecule has 0 radical (unpaired) electrons. The first kappa shape index (κ1) is 15.7. The number of amides is 1. The van der Waals surface area contributed by atoms with Gasteiger partial charge in [0, 0.05) is 0 Å². The van der Waals surface area contributed by atoms with E-state index in [2.05, 4.69) is 5.32 Å². The Labute approximate surface area is 103 Å². The minimum Gasteiger partial charge on any atom is -0.461 e. The van der Waals surface area contributed by atoms with Crippen molar-refractivity contribution in [3.63, 3.8) is 0 Å². The summed E-state index contributed by atoms with van der Waals surface area (Å²) in [4.78, 5) is 22.9. The molecule has 0 aliphatic heterocycles. The summed E-state index contributed by atoms with van der Waals surface area (Å²) < 4.78 is 10.1. The minimum atomic E-state index is -0.709. The van der Waals surface area contributed by atoms with Gasteiger partial charge < -0.3 is 14.8 Å². The summed E-state index contributed by atoms with van der Waals surface area (Å²) in [6, 6.07) is -0.709. The molecule has 0 aliphatic rings. The number of carbonyl (C=O) groups excluding carboxylic acids is 2. The zero-order valence-electron chi connectivity index (χ0n) is 11.5. The predicted octanol–water partition coefficient (Wildman–Crippen LogP) is 2.24. The molecule has 2 unspecified atom stereocenters. The molecule has 100 valence electrons. The lowest BCUT2D eigenvalue weighted by Crippen LogP contribution is -2.43. The van der Waals surface area contributed by atoms with Crippen LogP contribution in [0.2, 0.25) is 0 Å². The molecule has 0 aromatic rings. The van der Waals surface area contributed by atoms with Crippen LogP contribution in [0, 0.1) is 0 Å². The highest BCUT2D eigenvalue weighted by atomic mass is 16.6. The van der Waals surface area contributed by atoms with Crippen LogP contribution < -0.4 is 5.32 Å². The zero-order valence-corrected chi connectivity index (χ0v) is 11.5. The van der Waals surface area contributed by atoms with Crippen molar-refractivity contribution in [2.75, 3.05) is 0 Å². The molecular weight excluding hydrogens is 222 g/mol. The Morgan fingerprint density at radius 1 is 1.24 bits per heavy atom. The molecule has 5 nitrogen and oxygen atoms in total. The van der Waals surface area contributed by atoms with Crippen LogP contribution >= 0.6 is 0 Å². The van der Waals surface area contributed by atoms with Gasteiger partial charge in [-0.05, 0) is 41.0 Å². The van der Waals surface area contributed by atoms with E-state index in [0.29, 0.717) is 0 Å². The van der Waals surface area contributed by atoms with Crippen LogP contribution in [0.15, 0.2) is 0 Å². The van der Waals surface area contributed by atoms with Crippen LogP contribution in [-0.2, 0) is 14.3 Å². The van der Waals surface area contributed by atoms with Gasteiger partial charge in [-0.1, -0.05) is 6.92 Å². The van der Waals surface area contributed by atoms with Crippen LogP contribution in [0.25, 0.3) is 0 Å². The van der Waals surface area contributed by atoms with Crippen molar-refractivity contribution in [1.82, 2.24) is 5.32 Å². The Morgan fingerprint density at radius 2 is 1.76 bits per heavy atom. The molecule has 17 heavy (non-hydrogen) atoms. The fourth-order valence-electron chi connectivity index (χ4n) is 0.927. The normalized spacial score (nSPS) is 14.7. The molecular formula is C12H23NO4. The van der Waals surface area contributed by atoms with Crippen LogP contribution in [0.3, 0.4) is 0 Å². The van der Waals surface area contributed by atoms with E-state index in [4.69, 9.17) is 9.47 Å². The molecule has 1 N–H and O–H groups in total. The molecule has 0 bridgehead atoms. The highest BCUT2D eigenvalue weighted by Crippen LogP contribution is 2.07. The summed E-state index contributed by atoms with van der Waals surface area (Å²) in [5.74, 6) is -0.454. The van der Waals surface area contributed by atoms with Gasteiger partial charge in [0.2, 0.25) is 0 Å². The minimum absolute atomic E-state index is 0.148. The fourth-order valence-corrected chi connectivity index (χ4v) is 0.927. The summed E-state index contributed by atoms with van der Waals surface area (Å²) in [7, 11) is 0. The van der Waals surface area contributed by atoms with Crippen molar-refractivity contribution in [1.29, 1.82) is 0 Å². The lowest BCUT2D eigenvalue weighted by Gasteiger charge is -2.22. The third kappa shape index (κ3) is 7.60. The van der Waals surface area contributed by atoms with E-state index in [0.717, 1.165) is 6.42 Å². The van der Waals surface area contributed by atoms with Gasteiger partial charge in [-0.15, -0.1) is 0 Å². The first-order valence-corrected chi connectivity index (χ1v) is 5.85. The van der Waals surface area contributed by atoms with Gasteiger partial charge in [0.1, 0.15) is 11.6 Å². The van der Waals surface area contributed by atoms with E-state index in [9.17, 15) is 9.59 Å². The molecule has 5 heteroatoms. The van der Waals surface area contributed by atoms with E-state index >= 15 is 0 Å². The smallest absolute Gasteiger partial charge is 0.408 e. The van der Waals surface area contributed by atoms with Crippen LogP contribution in [0.1, 0.15) is 48.0 Å². The fraction of sp³-hybridized carbons (Fsp3) is 0.833. The lowest BCUT2D eigenvalue weighted by atomic mass is 10.2. The number of hydrogen-bond donors (Lipinski definition) is 1. The molecule has 1 amide bonds. The zero-order chi connectivity index (χ0) is 13.6. The Bertz CT molecular complexity index is 270. The number of ether oxygens (including phenoxy) is 2. The van der Waals surface area contributed by atoms with Crippen LogP contribution in [-0.4, -0.2) is 29.8 Å². The molecule has 0 spiro atoms. The molecule has 0 aromatic heterocycles. The number of rotatable bonds is 4. The second kappa shape index (κ2) is 6.47. The summed E-state index contributed by atoms with van der Waals surface area (Å²) >= 11 is 0. The molecule has 0 aromatic carbocycles. The van der Waals surface area contributed by atoms with Crippen molar-refractivity contribution >= 4 is 12.1 Å². The number of nitrogens with one attached hydrogen (secondary N) is 1. The van der Waals surface area contributed by atoms with Crippen LogP contribution in [0.5, 0.6) is 0 Å². The largest absolute Gasteiger partial charge is 0.461 e. The second-order valence-electron chi connectivity index (χ2n) is 5.02. The average molecular weight is 245 g/mol. The molecule has 0 heterocycles. The molecule has 0 rings (SSSR count). The molecule has 2 atom stereocenters. The highest BCUT2D eigenvalue weighted by Gasteiger charge is 2.22. The van der Waals surface area contributed by atoms with Crippen molar-refractivity contribution in [3.05, 3.63) is 0 Å². The molecule has 0 aliphatic carbocycles. The van der Waals surface area contributed by atoms with E-state index in [1.807, 2.05) is 6.92 Å². The summed E-state index contributed by atoms with van der Waals surface area (Å²) in [5, 5.41) is 2.43. The standard InChI is InChI=1S/C12H23NO4/c1-7-8(2)16-10(14)9(3)13-11(15)17-12(4,5)6/h8-9H,7H2,1-6H3,(H,13,15). The number of hydrogen-bond acceptors (Lipinski definition) is 4. The van der Waals surface area contributed by atoms with Gasteiger partial charge in [0.05, 0.1) is 6.10 Å². The van der Waals surface area contributed by atoms with E-state index in [1.54, 1.807) is 34.6 Å². The van der Waals surface area contributed by atoms with Crippen LogP contribution in [0.4, 0.5) is 4.79 Å². The maximum Gasteiger partial charge on any atom is 0.408 e. The maximum absolute atomic E-state index is 11.5. The van der Waals surface area contributed by atoms with Gasteiger partial charge in [-0.2, -0.15) is 0 Å². The Morgan fingerprint density at radius 3 is 2.18 bits per heavy atom. The number of carbonyl (C=O) groups is 2. The van der Waals surface area contributed by atoms with E-state index < -0.39 is 23.7 Å². The van der Waals surface area contributed by atoms with E-state index in [-0.39, 0.29) is 6.10 Å². The van der Waals surface area contributed by atoms with Crippen molar-refractivity contribution in [2.24, 2.45) is 0 Å². The predicted molar refractivity (Wildman–Crippen MR) is 64.7 cm³/mol. The summed E-state index contributed by atoms with van der Waals surface area (Å²) in [6.07, 6.45) is -0.0262. The van der Waals surface area contributed by atoms with Gasteiger partial charge in [0.15, 0.2) is 0 Å². The van der Waals surface area contributed by atoms with Crippen molar-refractivity contribution < 1.29 is 19.1 Å². The second-order valence-corrected chi connectivity index (χ2v) is 5.02. The number of esters is 1. The third-order valence-corrected chi connectivity index (χ3v) is 1.98. The van der Waals surface area contributed by atoms with Gasteiger partial charge in [-0.25, -0.2) is 9.59 Å². The van der Waals surface area contributed by atoms with Gasteiger partial charge in [0.25, 0.3) is 0 Å². The highest BCUT2D eigenvalue weighted by molar-refractivity contribution is 5.81. The topological polar surface area (TPSA) is 64.6 Å². The van der Waals surface area contributed by atoms with Crippen molar-refractivity contribution in [3.8, 4) is 0 Å². The molecule has 0 fully saturated rings. The first-order valence-electron chi connectivity index (χ1n) is 5.85. The van der Waals surface area contributed by atoms with Gasteiger partial charge in [-0.3, -0.25) is 0 Å². The third-order valence-electron chi connectivity index (χ3n) is 1.98. The van der Waals surface area contributed by atoms with Crippen molar-refractivity contribution in [2.45, 2.75) is 65.7 Å². The van der Waals surface area contributed by atoms with E-state index in [1.165, 1.54) is 0 Å². The van der Waals surface area contributed by atoms with Gasteiger partial charge >= 0.3 is 12.1 Å². The Balaban J connectivity index is 4.12. The number of alkyl carbamates (subject to hydrolysis) is 1. The molecule has 0 saturated carbocycles. The first-order chi connectivity index (χ1) is 7.65. The monoisotopic (exact) mass is 245 g/mol. The quantitative estimate of drug-likeness (QED) is 0.771. The maximum atomic E-state index is 11.5. The lowest BCUT2D eigenvalue weighted by molar-refractivity contribution is -0.150. The summed E-state index contributed by atoms with van der Waals surface area (Å²) in [5.41, 5.74) is -0.579. The summed E-state index contributed by atoms with van der Waals surface area (Å²) in [6.45, 7) is 10.6. The Kier molecular flexibility index (Phi) is 5.99.